The molecular formula is C24H22F8N6O3. The van der Waals surface area contributed by atoms with Crippen LogP contribution < -0.4 is 11.1 Å². The first-order chi connectivity index (χ1) is 18.9. The Kier molecular flexibility index (Phi) is 7.39. The lowest BCUT2D eigenvalue weighted by atomic mass is 9.98. The molecule has 3 aromatic rings. The van der Waals surface area contributed by atoms with E-state index in [1.165, 1.54) is 6.92 Å². The minimum absolute atomic E-state index is 0.00596. The largest absolute Gasteiger partial charge is 0.426 e. The standard InChI is InChI=1S/C24H22F8N6O3/c1-3-22(41,24(30,31)32)21(40)37-7-15(26)16(8-37)36-20(39)11-5-12(14(25)4-10(11)2)17-6-13(23(27,28)29)18-19(33)34-9-35-38(17)18/h4-6,9,15-16,41H,3,7-8H2,1-2H3,(H,36,39)(H2,33,34,35). The summed E-state index contributed by atoms with van der Waals surface area (Å²) >= 11 is 0. The van der Waals surface area contributed by atoms with Gasteiger partial charge in [0, 0.05) is 17.7 Å². The number of alkyl halides is 7. The quantitative estimate of drug-likeness (QED) is 0.389. The van der Waals surface area contributed by atoms with Crippen LogP contribution in [0.4, 0.5) is 40.9 Å². The van der Waals surface area contributed by atoms with Crippen LogP contribution in [-0.4, -0.2) is 73.5 Å². The van der Waals surface area contributed by atoms with Crippen molar-refractivity contribution in [2.24, 2.45) is 0 Å². The second-order valence-corrected chi connectivity index (χ2v) is 9.51. The molecule has 4 N–H and O–H groups in total. The van der Waals surface area contributed by atoms with E-state index in [4.69, 9.17) is 5.73 Å². The molecule has 0 radical (unpaired) electrons. The van der Waals surface area contributed by atoms with Gasteiger partial charge in [0.05, 0.1) is 23.8 Å². The summed E-state index contributed by atoms with van der Waals surface area (Å²) in [4.78, 5) is 29.5. The van der Waals surface area contributed by atoms with Crippen molar-refractivity contribution in [3.05, 3.63) is 47.0 Å². The number of nitrogen functional groups attached to an aromatic ring is 1. The van der Waals surface area contributed by atoms with Crippen LogP contribution in [0.25, 0.3) is 16.8 Å². The normalized spacial score (nSPS) is 19.4. The number of carbonyl (C=O) groups excluding carboxylic acids is 2. The van der Waals surface area contributed by atoms with Gasteiger partial charge in [-0.3, -0.25) is 9.59 Å². The Labute approximate surface area is 225 Å². The van der Waals surface area contributed by atoms with Gasteiger partial charge in [0.2, 0.25) is 5.60 Å². The average Bonchev–Trinajstić information content (AvgIpc) is 3.44. The molecule has 4 rings (SSSR count). The smallest absolute Gasteiger partial charge is 0.382 e. The van der Waals surface area contributed by atoms with Gasteiger partial charge in [-0.2, -0.15) is 31.4 Å². The number of nitrogens with two attached hydrogens (primary N) is 1. The number of nitrogens with one attached hydrogen (secondary N) is 1. The van der Waals surface area contributed by atoms with Crippen LogP contribution in [0.5, 0.6) is 0 Å². The van der Waals surface area contributed by atoms with Gasteiger partial charge in [0.25, 0.3) is 11.8 Å². The first-order valence-electron chi connectivity index (χ1n) is 11.9. The molecule has 3 heterocycles. The fourth-order valence-corrected chi connectivity index (χ4v) is 4.64. The molecule has 0 aliphatic carbocycles. The van der Waals surface area contributed by atoms with Gasteiger partial charge in [0.15, 0.2) is 5.82 Å². The molecule has 1 saturated heterocycles. The molecule has 3 atom stereocenters. The zero-order valence-corrected chi connectivity index (χ0v) is 21.2. The predicted molar refractivity (Wildman–Crippen MR) is 127 cm³/mol. The number of hydrogen-bond donors (Lipinski definition) is 3. The third kappa shape index (κ3) is 5.13. The van der Waals surface area contributed by atoms with Crippen LogP contribution in [0.15, 0.2) is 24.5 Å². The number of nitrogens with zero attached hydrogens (tertiary/aromatic N) is 4. The van der Waals surface area contributed by atoms with Gasteiger partial charge < -0.3 is 21.1 Å². The molecule has 0 spiro atoms. The lowest BCUT2D eigenvalue weighted by Gasteiger charge is -2.31. The van der Waals surface area contributed by atoms with Gasteiger partial charge in [0.1, 0.15) is 23.8 Å². The maximum atomic E-state index is 15.0. The van der Waals surface area contributed by atoms with Crippen LogP contribution in [0.3, 0.4) is 0 Å². The van der Waals surface area contributed by atoms with Crippen molar-refractivity contribution in [3.8, 4) is 11.3 Å². The van der Waals surface area contributed by atoms with E-state index in [2.05, 4.69) is 15.4 Å². The first-order valence-corrected chi connectivity index (χ1v) is 11.9. The number of likely N-dealkylation sites (tertiary alicyclic amines) is 1. The summed E-state index contributed by atoms with van der Waals surface area (Å²) in [6.07, 6.45) is -12.5. The Morgan fingerprint density at radius 2 is 1.80 bits per heavy atom. The minimum atomic E-state index is -5.34. The number of fused-ring (bicyclic) bond motifs is 1. The fourth-order valence-electron chi connectivity index (χ4n) is 4.64. The van der Waals surface area contributed by atoms with E-state index >= 15 is 4.39 Å². The van der Waals surface area contributed by atoms with Crippen molar-refractivity contribution in [1.29, 1.82) is 0 Å². The molecule has 17 heteroatoms. The number of rotatable bonds is 5. The Hall–Kier alpha value is -4.02. The summed E-state index contributed by atoms with van der Waals surface area (Å²) in [5.74, 6) is -4.40. The van der Waals surface area contributed by atoms with Gasteiger partial charge in [-0.1, -0.05) is 6.92 Å². The van der Waals surface area contributed by atoms with Crippen LogP contribution in [0.1, 0.15) is 34.8 Å². The summed E-state index contributed by atoms with van der Waals surface area (Å²) in [6.45, 7) is 0.648. The number of anilines is 1. The zero-order valence-electron chi connectivity index (χ0n) is 21.2. The maximum absolute atomic E-state index is 15.0. The highest BCUT2D eigenvalue weighted by Crippen LogP contribution is 2.40. The number of benzene rings is 1. The van der Waals surface area contributed by atoms with E-state index < -0.39 is 95.5 Å². The number of aryl methyl sites for hydroxylation is 1. The van der Waals surface area contributed by atoms with Crippen LogP contribution in [0.2, 0.25) is 0 Å². The fraction of sp³-hybridized carbons (Fsp3) is 0.417. The summed E-state index contributed by atoms with van der Waals surface area (Å²) in [5.41, 5.74) is -1.29. The van der Waals surface area contributed by atoms with Crippen molar-refractivity contribution in [3.63, 3.8) is 0 Å². The lowest BCUT2D eigenvalue weighted by Crippen LogP contribution is -2.57. The predicted octanol–water partition coefficient (Wildman–Crippen LogP) is 3.43. The molecule has 2 amide bonds. The van der Waals surface area contributed by atoms with Crippen LogP contribution in [0, 0.1) is 12.7 Å². The Morgan fingerprint density at radius 1 is 1.15 bits per heavy atom. The third-order valence-electron chi connectivity index (χ3n) is 6.91. The third-order valence-corrected chi connectivity index (χ3v) is 6.91. The second-order valence-electron chi connectivity index (χ2n) is 9.51. The number of halogens is 8. The summed E-state index contributed by atoms with van der Waals surface area (Å²) in [7, 11) is 0. The van der Waals surface area contributed by atoms with Crippen molar-refractivity contribution < 1.29 is 49.8 Å². The van der Waals surface area contributed by atoms with Crippen molar-refractivity contribution in [2.75, 3.05) is 18.8 Å². The number of aromatic nitrogens is 3. The molecule has 1 aromatic carbocycles. The molecule has 222 valence electrons. The number of carbonyl (C=O) groups is 2. The number of hydrogen-bond acceptors (Lipinski definition) is 6. The molecule has 9 nitrogen and oxygen atoms in total. The molecule has 0 saturated carbocycles. The summed E-state index contributed by atoms with van der Waals surface area (Å²) in [5, 5.41) is 15.9. The van der Waals surface area contributed by atoms with Gasteiger partial charge >= 0.3 is 12.4 Å². The molecule has 41 heavy (non-hydrogen) atoms. The Morgan fingerprint density at radius 3 is 2.39 bits per heavy atom. The molecule has 1 aliphatic rings. The lowest BCUT2D eigenvalue weighted by molar-refractivity contribution is -0.256. The van der Waals surface area contributed by atoms with E-state index in [1.807, 2.05) is 0 Å². The highest BCUT2D eigenvalue weighted by Gasteiger charge is 2.60. The Balaban J connectivity index is 1.66. The van der Waals surface area contributed by atoms with Crippen molar-refractivity contribution in [2.45, 2.75) is 50.4 Å². The first kappa shape index (κ1) is 30.0. The van der Waals surface area contributed by atoms with Gasteiger partial charge in [-0.05, 0) is 37.1 Å². The topological polar surface area (TPSA) is 126 Å². The van der Waals surface area contributed by atoms with Crippen molar-refractivity contribution >= 4 is 23.1 Å². The molecular weight excluding hydrogens is 572 g/mol. The summed E-state index contributed by atoms with van der Waals surface area (Å²) in [6, 6.07) is 0.824. The molecule has 1 aliphatic heterocycles. The molecule has 2 aromatic heterocycles. The van der Waals surface area contributed by atoms with Crippen molar-refractivity contribution in [1.82, 2.24) is 24.8 Å². The monoisotopic (exact) mass is 594 g/mol. The highest BCUT2D eigenvalue weighted by molar-refractivity contribution is 5.97. The number of aliphatic hydroxyl groups is 1. The molecule has 0 bridgehead atoms. The van der Waals surface area contributed by atoms with Gasteiger partial charge in [-0.25, -0.2) is 18.3 Å². The van der Waals surface area contributed by atoms with E-state index in [-0.39, 0.29) is 11.1 Å². The number of amides is 2. The van der Waals surface area contributed by atoms with Gasteiger partial charge in [-0.15, -0.1) is 0 Å². The SMILES string of the molecule is CCC(O)(C(=O)N1CC(F)C(NC(=O)c2cc(-c3cc(C(F)(F)F)c4c(N)ncnn34)c(F)cc2C)C1)C(F)(F)F. The van der Waals surface area contributed by atoms with E-state index in [1.54, 1.807) is 0 Å². The molecule has 1 fully saturated rings. The second kappa shape index (κ2) is 10.1. The minimum Gasteiger partial charge on any atom is -0.382 e. The van der Waals surface area contributed by atoms with E-state index in [0.717, 1.165) is 25.4 Å². The highest BCUT2D eigenvalue weighted by atomic mass is 19.4. The summed E-state index contributed by atoms with van der Waals surface area (Å²) < 4.78 is 111. The zero-order chi connectivity index (χ0) is 30.7. The molecule has 3 unspecified atom stereocenters. The van der Waals surface area contributed by atoms with E-state index in [0.29, 0.717) is 15.5 Å². The maximum Gasteiger partial charge on any atom is 0.426 e. The Bertz CT molecular complexity index is 1520. The van der Waals surface area contributed by atoms with E-state index in [9.17, 15) is 45.4 Å². The van der Waals surface area contributed by atoms with Crippen LogP contribution in [-0.2, 0) is 11.0 Å². The average molecular weight is 594 g/mol. The van der Waals surface area contributed by atoms with Crippen LogP contribution >= 0.6 is 0 Å².